The topological polar surface area (TPSA) is 25.2 Å². The van der Waals surface area contributed by atoms with Gasteiger partial charge in [-0.2, -0.15) is 0 Å². The predicted octanol–water partition coefficient (Wildman–Crippen LogP) is 4.97. The SMILES string of the molecule is CCNC(CC)c1ccc(-c2cc(C)ccc2Cl)o1. The molecule has 0 bridgehead atoms. The van der Waals surface area contributed by atoms with Crippen molar-refractivity contribution in [2.45, 2.75) is 33.2 Å². The molecule has 2 rings (SSSR count). The van der Waals surface area contributed by atoms with Crippen molar-refractivity contribution in [1.82, 2.24) is 5.32 Å². The third-order valence-corrected chi connectivity index (χ3v) is 3.55. The fraction of sp³-hybridized carbons (Fsp3) is 0.375. The molecule has 1 N–H and O–H groups in total. The third kappa shape index (κ3) is 3.20. The second kappa shape index (κ2) is 6.27. The Morgan fingerprint density at radius 1 is 1.21 bits per heavy atom. The maximum atomic E-state index is 6.24. The first-order valence-electron chi connectivity index (χ1n) is 6.75. The molecular weight excluding hydrogens is 258 g/mol. The van der Waals surface area contributed by atoms with Gasteiger partial charge in [-0.1, -0.05) is 37.1 Å². The Balaban J connectivity index is 2.32. The van der Waals surface area contributed by atoms with Crippen LogP contribution < -0.4 is 5.32 Å². The average molecular weight is 278 g/mol. The van der Waals surface area contributed by atoms with Gasteiger partial charge in [-0.15, -0.1) is 0 Å². The van der Waals surface area contributed by atoms with Crippen LogP contribution in [0.4, 0.5) is 0 Å². The Morgan fingerprint density at radius 2 is 2.00 bits per heavy atom. The molecule has 1 aromatic heterocycles. The fourth-order valence-electron chi connectivity index (χ4n) is 2.21. The standard InChI is InChI=1S/C16H20ClNO/c1-4-14(18-5-2)16-9-8-15(19-16)12-10-11(3)6-7-13(12)17/h6-10,14,18H,4-5H2,1-3H3. The summed E-state index contributed by atoms with van der Waals surface area (Å²) < 4.78 is 5.96. The van der Waals surface area contributed by atoms with Gasteiger partial charge < -0.3 is 9.73 Å². The summed E-state index contributed by atoms with van der Waals surface area (Å²) in [6.07, 6.45) is 1.00. The van der Waals surface area contributed by atoms with Crippen molar-refractivity contribution in [1.29, 1.82) is 0 Å². The van der Waals surface area contributed by atoms with E-state index in [1.165, 1.54) is 5.56 Å². The molecular formula is C16H20ClNO. The van der Waals surface area contributed by atoms with E-state index < -0.39 is 0 Å². The van der Waals surface area contributed by atoms with E-state index in [0.717, 1.165) is 35.1 Å². The minimum Gasteiger partial charge on any atom is -0.459 e. The van der Waals surface area contributed by atoms with Gasteiger partial charge in [0.1, 0.15) is 11.5 Å². The molecule has 3 heteroatoms. The number of rotatable bonds is 5. The van der Waals surface area contributed by atoms with Crippen molar-refractivity contribution < 1.29 is 4.42 Å². The highest BCUT2D eigenvalue weighted by molar-refractivity contribution is 6.33. The molecule has 0 aliphatic carbocycles. The smallest absolute Gasteiger partial charge is 0.135 e. The number of hydrogen-bond acceptors (Lipinski definition) is 2. The van der Waals surface area contributed by atoms with Crippen LogP contribution in [0.1, 0.15) is 37.6 Å². The van der Waals surface area contributed by atoms with Gasteiger partial charge in [0.2, 0.25) is 0 Å². The molecule has 0 aliphatic rings. The fourth-order valence-corrected chi connectivity index (χ4v) is 2.42. The van der Waals surface area contributed by atoms with Gasteiger partial charge in [-0.3, -0.25) is 0 Å². The highest BCUT2D eigenvalue weighted by Crippen LogP contribution is 2.32. The monoisotopic (exact) mass is 277 g/mol. The molecule has 0 radical (unpaired) electrons. The molecule has 102 valence electrons. The average Bonchev–Trinajstić information content (AvgIpc) is 2.88. The maximum absolute atomic E-state index is 6.24. The molecule has 1 unspecified atom stereocenters. The lowest BCUT2D eigenvalue weighted by molar-refractivity contribution is 0.417. The second-order valence-corrected chi connectivity index (χ2v) is 5.11. The molecule has 1 heterocycles. The highest BCUT2D eigenvalue weighted by atomic mass is 35.5. The van der Waals surface area contributed by atoms with Gasteiger partial charge in [-0.05, 0) is 44.2 Å². The van der Waals surface area contributed by atoms with E-state index in [9.17, 15) is 0 Å². The summed E-state index contributed by atoms with van der Waals surface area (Å²) in [4.78, 5) is 0. The molecule has 1 atom stereocenters. The van der Waals surface area contributed by atoms with Crippen LogP contribution in [0.15, 0.2) is 34.7 Å². The number of halogens is 1. The van der Waals surface area contributed by atoms with E-state index in [0.29, 0.717) is 0 Å². The van der Waals surface area contributed by atoms with E-state index in [1.54, 1.807) is 0 Å². The molecule has 0 amide bonds. The highest BCUT2D eigenvalue weighted by Gasteiger charge is 2.14. The largest absolute Gasteiger partial charge is 0.459 e. The maximum Gasteiger partial charge on any atom is 0.135 e. The lowest BCUT2D eigenvalue weighted by Gasteiger charge is -2.12. The molecule has 0 aliphatic heterocycles. The normalized spacial score (nSPS) is 12.6. The minimum atomic E-state index is 0.266. The zero-order chi connectivity index (χ0) is 13.8. The first-order valence-corrected chi connectivity index (χ1v) is 7.13. The number of furan rings is 1. The van der Waals surface area contributed by atoms with Crippen LogP contribution in [-0.4, -0.2) is 6.54 Å². The van der Waals surface area contributed by atoms with Gasteiger partial charge >= 0.3 is 0 Å². The Bertz CT molecular complexity index is 547. The van der Waals surface area contributed by atoms with Crippen molar-refractivity contribution in [2.24, 2.45) is 0 Å². The van der Waals surface area contributed by atoms with Gasteiger partial charge in [0, 0.05) is 5.56 Å². The van der Waals surface area contributed by atoms with E-state index in [1.807, 2.05) is 24.3 Å². The van der Waals surface area contributed by atoms with Crippen molar-refractivity contribution in [3.8, 4) is 11.3 Å². The Kier molecular flexibility index (Phi) is 4.67. The lowest BCUT2D eigenvalue weighted by atomic mass is 10.1. The van der Waals surface area contributed by atoms with Crippen molar-refractivity contribution in [3.63, 3.8) is 0 Å². The van der Waals surface area contributed by atoms with Crippen LogP contribution in [0, 0.1) is 6.92 Å². The van der Waals surface area contributed by atoms with Gasteiger partial charge in [0.05, 0.1) is 11.1 Å². The summed E-state index contributed by atoms with van der Waals surface area (Å²) in [6.45, 7) is 7.23. The molecule has 1 aromatic carbocycles. The third-order valence-electron chi connectivity index (χ3n) is 3.22. The summed E-state index contributed by atoms with van der Waals surface area (Å²) in [5.41, 5.74) is 2.13. The summed E-state index contributed by atoms with van der Waals surface area (Å²) in [5.74, 6) is 1.80. The first-order chi connectivity index (χ1) is 9.15. The number of nitrogens with one attached hydrogen (secondary N) is 1. The molecule has 0 spiro atoms. The van der Waals surface area contributed by atoms with Crippen LogP contribution in [-0.2, 0) is 0 Å². The Hall–Kier alpha value is -1.25. The van der Waals surface area contributed by atoms with Crippen molar-refractivity contribution in [3.05, 3.63) is 46.7 Å². The van der Waals surface area contributed by atoms with Crippen molar-refractivity contribution in [2.75, 3.05) is 6.54 Å². The Labute approximate surface area is 119 Å². The number of hydrogen-bond donors (Lipinski definition) is 1. The summed E-state index contributed by atoms with van der Waals surface area (Å²) in [6, 6.07) is 10.3. The minimum absolute atomic E-state index is 0.266. The predicted molar refractivity (Wildman–Crippen MR) is 80.6 cm³/mol. The number of benzene rings is 1. The van der Waals surface area contributed by atoms with E-state index in [2.05, 4.69) is 32.2 Å². The molecule has 19 heavy (non-hydrogen) atoms. The first kappa shape index (κ1) is 14.2. The van der Waals surface area contributed by atoms with Crippen LogP contribution in [0.5, 0.6) is 0 Å². The quantitative estimate of drug-likeness (QED) is 0.835. The van der Waals surface area contributed by atoms with E-state index >= 15 is 0 Å². The van der Waals surface area contributed by atoms with E-state index in [4.69, 9.17) is 16.0 Å². The van der Waals surface area contributed by atoms with Gasteiger partial charge in [0.15, 0.2) is 0 Å². The summed E-state index contributed by atoms with van der Waals surface area (Å²) in [7, 11) is 0. The second-order valence-electron chi connectivity index (χ2n) is 4.70. The van der Waals surface area contributed by atoms with Crippen LogP contribution in [0.3, 0.4) is 0 Å². The zero-order valence-corrected chi connectivity index (χ0v) is 12.4. The Morgan fingerprint density at radius 3 is 2.68 bits per heavy atom. The molecule has 2 aromatic rings. The zero-order valence-electron chi connectivity index (χ0n) is 11.7. The summed E-state index contributed by atoms with van der Waals surface area (Å²) in [5, 5.41) is 4.14. The number of aryl methyl sites for hydroxylation is 1. The van der Waals surface area contributed by atoms with Crippen LogP contribution in [0.2, 0.25) is 5.02 Å². The molecule has 0 fully saturated rings. The van der Waals surface area contributed by atoms with E-state index in [-0.39, 0.29) is 6.04 Å². The van der Waals surface area contributed by atoms with Gasteiger partial charge in [-0.25, -0.2) is 0 Å². The lowest BCUT2D eigenvalue weighted by Crippen LogP contribution is -2.19. The van der Waals surface area contributed by atoms with Crippen LogP contribution in [0.25, 0.3) is 11.3 Å². The summed E-state index contributed by atoms with van der Waals surface area (Å²) >= 11 is 6.24. The molecule has 0 saturated heterocycles. The van der Waals surface area contributed by atoms with Crippen LogP contribution >= 0.6 is 11.6 Å². The molecule has 0 saturated carbocycles. The molecule has 2 nitrogen and oxygen atoms in total. The van der Waals surface area contributed by atoms with Gasteiger partial charge in [0.25, 0.3) is 0 Å². The van der Waals surface area contributed by atoms with Crippen molar-refractivity contribution >= 4 is 11.6 Å².